The van der Waals surface area contributed by atoms with E-state index in [4.69, 9.17) is 5.26 Å². The minimum atomic E-state index is -0.162. The Kier molecular flexibility index (Phi) is 2.64. The van der Waals surface area contributed by atoms with Crippen LogP contribution in [-0.4, -0.2) is 6.30 Å². The molecule has 1 nitrogen and oxygen atoms in total. The highest BCUT2D eigenvalue weighted by molar-refractivity contribution is 7.42. The van der Waals surface area contributed by atoms with E-state index in [2.05, 4.69) is 6.30 Å². The van der Waals surface area contributed by atoms with Crippen LogP contribution in [0.1, 0.15) is 0 Å². The van der Waals surface area contributed by atoms with E-state index in [1.165, 1.54) is 0 Å². The molecule has 0 saturated carbocycles. The first-order valence-electron chi connectivity index (χ1n) is 0.921. The smallest absolute Gasteiger partial charge is 0.0792 e. The van der Waals surface area contributed by atoms with Crippen LogP contribution in [-0.2, 0) is 0 Å². The van der Waals surface area contributed by atoms with E-state index < -0.39 is 0 Å². The molecule has 0 bridgehead atoms. The van der Waals surface area contributed by atoms with Gasteiger partial charge < -0.3 is 0 Å². The van der Waals surface area contributed by atoms with Gasteiger partial charge >= 0.3 is 0 Å². The maximum absolute atomic E-state index is 7.60. The van der Waals surface area contributed by atoms with Crippen LogP contribution >= 0.6 is 8.20 Å². The summed E-state index contributed by atoms with van der Waals surface area (Å²) in [5.41, 5.74) is 0. The van der Waals surface area contributed by atoms with Crippen molar-refractivity contribution in [2.45, 2.75) is 0 Å². The molecule has 0 saturated heterocycles. The molecular formula is C2H4NP. The molecule has 0 fully saturated rings. The monoisotopic (exact) mass is 73.0 g/mol. The Morgan fingerprint density at radius 1 is 2.00 bits per heavy atom. The van der Waals surface area contributed by atoms with Crippen molar-refractivity contribution in [2.75, 3.05) is 0 Å². The standard InChI is InChI=1S/C2H4NP/c1-4-2-3/h1,4H2. The van der Waals surface area contributed by atoms with Crippen LogP contribution in [0.3, 0.4) is 0 Å². The number of hydrogen-bond acceptors (Lipinski definition) is 1. The van der Waals surface area contributed by atoms with Crippen molar-refractivity contribution < 1.29 is 0 Å². The molecule has 1 atom stereocenters. The Morgan fingerprint density at radius 3 is 2.25 bits per heavy atom. The molecule has 0 N–H and O–H groups in total. The Labute approximate surface area is 26.7 Å². The Hall–Kier alpha value is -0.210. The van der Waals surface area contributed by atoms with Gasteiger partial charge in [-0.05, 0) is 8.20 Å². The normalized spacial score (nSPS) is 7.75. The van der Waals surface area contributed by atoms with Gasteiger partial charge in [0.2, 0.25) is 0 Å². The zero-order chi connectivity index (χ0) is 3.41. The van der Waals surface area contributed by atoms with E-state index in [1.807, 2.05) is 5.81 Å². The first kappa shape index (κ1) is 3.79. The molecule has 2 heteroatoms. The zero-order valence-electron chi connectivity index (χ0n) is 2.23. The molecule has 0 aliphatic rings. The summed E-state index contributed by atoms with van der Waals surface area (Å²) in [5.74, 6) is 1.90. The van der Waals surface area contributed by atoms with E-state index in [1.54, 1.807) is 0 Å². The van der Waals surface area contributed by atoms with Crippen LogP contribution in [0.2, 0.25) is 0 Å². The predicted octanol–water partition coefficient (Wildman–Crippen LogP) is 0.310. The summed E-state index contributed by atoms with van der Waals surface area (Å²) in [6, 6.07) is 0. The molecule has 0 radical (unpaired) electrons. The first-order chi connectivity index (χ1) is 1.91. The van der Waals surface area contributed by atoms with Gasteiger partial charge in [0.25, 0.3) is 0 Å². The number of hydrogen-bond donors (Lipinski definition) is 0. The van der Waals surface area contributed by atoms with Gasteiger partial charge in [0.1, 0.15) is 0 Å². The van der Waals surface area contributed by atoms with Gasteiger partial charge in [0.15, 0.2) is 0 Å². The van der Waals surface area contributed by atoms with Crippen molar-refractivity contribution in [3.05, 3.63) is 0 Å². The van der Waals surface area contributed by atoms with Crippen LogP contribution < -0.4 is 0 Å². The van der Waals surface area contributed by atoms with Crippen molar-refractivity contribution in [3.63, 3.8) is 0 Å². The van der Waals surface area contributed by atoms with E-state index in [0.29, 0.717) is 0 Å². The maximum Gasteiger partial charge on any atom is 0.0792 e. The Bertz CT molecular complexity index is 51.5. The van der Waals surface area contributed by atoms with Gasteiger partial charge in [0, 0.05) is 0 Å². The second-order valence-corrected chi connectivity index (χ2v) is 1.000. The molecule has 4 heavy (non-hydrogen) atoms. The highest BCUT2D eigenvalue weighted by Crippen LogP contribution is 1.75. The molecule has 1 unspecified atom stereocenters. The minimum Gasteiger partial charge on any atom is -0.194 e. The van der Waals surface area contributed by atoms with Crippen LogP contribution in [0.15, 0.2) is 0 Å². The molecule has 0 spiro atoms. The van der Waals surface area contributed by atoms with Gasteiger partial charge in [-0.3, -0.25) is 0 Å². The summed E-state index contributed by atoms with van der Waals surface area (Å²) in [4.78, 5) is 0. The van der Waals surface area contributed by atoms with Gasteiger partial charge in [0.05, 0.1) is 5.81 Å². The van der Waals surface area contributed by atoms with Crippen LogP contribution in [0.25, 0.3) is 0 Å². The van der Waals surface area contributed by atoms with Gasteiger partial charge in [-0.25, -0.2) is 0 Å². The average Bonchev–Trinajstić information content (AvgIpc) is 1.37. The number of nitriles is 1. The van der Waals surface area contributed by atoms with Gasteiger partial charge in [-0.2, -0.15) is 5.26 Å². The molecule has 0 aliphatic heterocycles. The lowest BCUT2D eigenvalue weighted by atomic mass is 11.8. The quantitative estimate of drug-likeness (QED) is 0.378. The second kappa shape index (κ2) is 2.79. The van der Waals surface area contributed by atoms with Crippen molar-refractivity contribution in [2.24, 2.45) is 0 Å². The summed E-state index contributed by atoms with van der Waals surface area (Å²) in [6.07, 6.45) is 3.33. The molecule has 0 amide bonds. The molecule has 0 aromatic heterocycles. The lowest BCUT2D eigenvalue weighted by molar-refractivity contribution is 1.57. The van der Waals surface area contributed by atoms with E-state index in [0.717, 1.165) is 0 Å². The molecular weight excluding hydrogens is 69.0 g/mol. The van der Waals surface area contributed by atoms with Crippen molar-refractivity contribution in [1.29, 1.82) is 5.26 Å². The van der Waals surface area contributed by atoms with E-state index in [-0.39, 0.29) is 8.20 Å². The highest BCUT2D eigenvalue weighted by Gasteiger charge is 1.31. The van der Waals surface area contributed by atoms with Gasteiger partial charge in [-0.1, -0.05) is 6.30 Å². The third-order valence-electron chi connectivity index (χ3n) is 0.0913. The summed E-state index contributed by atoms with van der Waals surface area (Å²) in [7, 11) is -0.162. The fourth-order valence-corrected chi connectivity index (χ4v) is 0. The first-order valence-corrected chi connectivity index (χ1v) is 2.31. The number of nitrogens with zero attached hydrogens (tertiary/aromatic N) is 1. The summed E-state index contributed by atoms with van der Waals surface area (Å²) in [6.45, 7) is 0. The van der Waals surface area contributed by atoms with Crippen LogP contribution in [0.4, 0.5) is 0 Å². The molecule has 0 heterocycles. The largest absolute Gasteiger partial charge is 0.194 e. The summed E-state index contributed by atoms with van der Waals surface area (Å²) >= 11 is 0. The average molecular weight is 73.0 g/mol. The molecule has 0 rings (SSSR count). The minimum absolute atomic E-state index is 0.162. The Balaban J connectivity index is 2.92. The van der Waals surface area contributed by atoms with E-state index >= 15 is 0 Å². The van der Waals surface area contributed by atoms with Crippen molar-refractivity contribution in [3.8, 4) is 5.81 Å². The van der Waals surface area contributed by atoms with Crippen LogP contribution in [0.5, 0.6) is 0 Å². The fourth-order valence-electron chi connectivity index (χ4n) is 0. The van der Waals surface area contributed by atoms with Crippen LogP contribution in [0, 0.1) is 11.1 Å². The summed E-state index contributed by atoms with van der Waals surface area (Å²) < 4.78 is 0. The molecule has 0 aliphatic carbocycles. The lowest BCUT2D eigenvalue weighted by Gasteiger charge is -1.33. The van der Waals surface area contributed by atoms with Crippen molar-refractivity contribution >= 4 is 14.5 Å². The van der Waals surface area contributed by atoms with Crippen molar-refractivity contribution in [1.82, 2.24) is 0 Å². The third kappa shape index (κ3) is 1.79. The van der Waals surface area contributed by atoms with E-state index in [9.17, 15) is 0 Å². The second-order valence-electron chi connectivity index (χ2n) is 0.333. The number of rotatable bonds is 0. The molecule has 22 valence electrons. The molecule has 0 aromatic rings. The SMILES string of the molecule is C=[PH2]C#N. The zero-order valence-corrected chi connectivity index (χ0v) is 3.39. The predicted molar refractivity (Wildman–Crippen MR) is 22.4 cm³/mol. The highest BCUT2D eigenvalue weighted by atomic mass is 31.1. The fraction of sp³-hybridized carbons (Fsp3) is 0. The Morgan fingerprint density at radius 2 is 2.25 bits per heavy atom. The topological polar surface area (TPSA) is 23.8 Å². The third-order valence-corrected chi connectivity index (χ3v) is 0.274. The lowest BCUT2D eigenvalue weighted by Crippen LogP contribution is -1.07. The summed E-state index contributed by atoms with van der Waals surface area (Å²) in [5, 5.41) is 7.60. The van der Waals surface area contributed by atoms with Gasteiger partial charge in [-0.15, -0.1) is 0 Å². The molecule has 0 aromatic carbocycles. The maximum atomic E-state index is 7.60.